The Hall–Kier alpha value is -0.670. The van der Waals surface area contributed by atoms with Crippen LogP contribution < -0.4 is 5.32 Å². The van der Waals surface area contributed by atoms with E-state index in [1.165, 1.54) is 12.3 Å². The molecular formula is C10H12ClFN2. The Labute approximate surface area is 87.5 Å². The van der Waals surface area contributed by atoms with Crippen LogP contribution >= 0.6 is 11.6 Å². The van der Waals surface area contributed by atoms with Gasteiger partial charge in [-0.05, 0) is 32.0 Å². The highest BCUT2D eigenvalue weighted by atomic mass is 35.5. The quantitative estimate of drug-likeness (QED) is 0.776. The lowest BCUT2D eigenvalue weighted by atomic mass is 9.94. The first kappa shape index (κ1) is 9.87. The zero-order valence-electron chi connectivity index (χ0n) is 7.76. The van der Waals surface area contributed by atoms with Crippen LogP contribution in [0.4, 0.5) is 4.39 Å². The van der Waals surface area contributed by atoms with E-state index >= 15 is 0 Å². The van der Waals surface area contributed by atoms with Crippen molar-refractivity contribution in [2.24, 2.45) is 0 Å². The molecule has 1 aromatic rings. The summed E-state index contributed by atoms with van der Waals surface area (Å²) in [6.07, 6.45) is 3.42. The van der Waals surface area contributed by atoms with Crippen molar-refractivity contribution in [3.8, 4) is 0 Å². The van der Waals surface area contributed by atoms with Gasteiger partial charge in [-0.2, -0.15) is 0 Å². The smallest absolute Gasteiger partial charge is 0.146 e. The molecule has 14 heavy (non-hydrogen) atoms. The number of pyridine rings is 1. The van der Waals surface area contributed by atoms with Gasteiger partial charge in [-0.15, -0.1) is 0 Å². The first-order valence-electron chi connectivity index (χ1n) is 4.79. The molecule has 0 radical (unpaired) electrons. The first-order chi connectivity index (χ1) is 6.77. The van der Waals surface area contributed by atoms with Gasteiger partial charge in [-0.1, -0.05) is 11.6 Å². The van der Waals surface area contributed by atoms with Gasteiger partial charge in [0, 0.05) is 12.1 Å². The van der Waals surface area contributed by atoms with Crippen LogP contribution in [-0.4, -0.2) is 18.1 Å². The second-order valence-corrected chi connectivity index (χ2v) is 3.98. The van der Waals surface area contributed by atoms with Crippen LogP contribution in [0.1, 0.15) is 24.5 Å². The molecule has 1 saturated heterocycles. The zero-order valence-corrected chi connectivity index (χ0v) is 8.52. The third-order valence-corrected chi connectivity index (χ3v) is 2.77. The fourth-order valence-electron chi connectivity index (χ4n) is 1.82. The van der Waals surface area contributed by atoms with Crippen LogP contribution in [0.25, 0.3) is 0 Å². The fraction of sp³-hybridized carbons (Fsp3) is 0.500. The predicted molar refractivity (Wildman–Crippen MR) is 54.0 cm³/mol. The topological polar surface area (TPSA) is 24.9 Å². The number of nitrogens with one attached hydrogen (secondary N) is 1. The van der Waals surface area contributed by atoms with E-state index in [2.05, 4.69) is 10.3 Å². The molecule has 0 bridgehead atoms. The van der Waals surface area contributed by atoms with Gasteiger partial charge in [0.05, 0.1) is 10.7 Å². The van der Waals surface area contributed by atoms with Crippen LogP contribution in [-0.2, 0) is 0 Å². The molecule has 0 unspecified atom stereocenters. The largest absolute Gasteiger partial charge is 0.317 e. The van der Waals surface area contributed by atoms with E-state index in [1.807, 2.05) is 0 Å². The van der Waals surface area contributed by atoms with Crippen LogP contribution in [0.15, 0.2) is 12.3 Å². The van der Waals surface area contributed by atoms with Gasteiger partial charge in [-0.25, -0.2) is 4.39 Å². The van der Waals surface area contributed by atoms with Crippen molar-refractivity contribution in [2.45, 2.75) is 18.8 Å². The van der Waals surface area contributed by atoms with Gasteiger partial charge in [0.2, 0.25) is 0 Å². The van der Waals surface area contributed by atoms with Gasteiger partial charge < -0.3 is 5.32 Å². The first-order valence-corrected chi connectivity index (χ1v) is 5.17. The maximum absolute atomic E-state index is 13.5. The van der Waals surface area contributed by atoms with Gasteiger partial charge in [0.15, 0.2) is 0 Å². The molecule has 1 aromatic heterocycles. The minimum absolute atomic E-state index is 0.244. The third-order valence-electron chi connectivity index (χ3n) is 2.56. The SMILES string of the molecule is Fc1cc(Cl)cnc1C1CCNCC1. The van der Waals surface area contributed by atoms with Crippen molar-refractivity contribution in [1.29, 1.82) is 0 Å². The lowest BCUT2D eigenvalue weighted by Gasteiger charge is -2.22. The van der Waals surface area contributed by atoms with Crippen LogP contribution in [0.3, 0.4) is 0 Å². The number of hydrogen-bond acceptors (Lipinski definition) is 2. The predicted octanol–water partition coefficient (Wildman–Crippen LogP) is 2.34. The summed E-state index contributed by atoms with van der Waals surface area (Å²) in [5.74, 6) is -0.0297. The number of hydrogen-bond donors (Lipinski definition) is 1. The molecule has 1 aliphatic rings. The van der Waals surface area contributed by atoms with Crippen molar-refractivity contribution in [1.82, 2.24) is 10.3 Å². The minimum Gasteiger partial charge on any atom is -0.317 e. The Bertz CT molecular complexity index is 324. The van der Waals surface area contributed by atoms with E-state index in [4.69, 9.17) is 11.6 Å². The number of nitrogens with zero attached hydrogens (tertiary/aromatic N) is 1. The normalized spacial score (nSPS) is 18.4. The lowest BCUT2D eigenvalue weighted by molar-refractivity contribution is 0.436. The molecule has 1 N–H and O–H groups in total. The summed E-state index contributed by atoms with van der Waals surface area (Å²) in [5, 5.41) is 3.60. The van der Waals surface area contributed by atoms with Crippen molar-refractivity contribution in [2.75, 3.05) is 13.1 Å². The fourth-order valence-corrected chi connectivity index (χ4v) is 1.97. The average molecular weight is 215 g/mol. The molecule has 0 aromatic carbocycles. The minimum atomic E-state index is -0.274. The summed E-state index contributed by atoms with van der Waals surface area (Å²) < 4.78 is 13.5. The average Bonchev–Trinajstić information content (AvgIpc) is 2.19. The van der Waals surface area contributed by atoms with E-state index in [0.717, 1.165) is 25.9 Å². The Morgan fingerprint density at radius 3 is 2.79 bits per heavy atom. The summed E-state index contributed by atoms with van der Waals surface area (Å²) in [7, 11) is 0. The number of rotatable bonds is 1. The van der Waals surface area contributed by atoms with Crippen LogP contribution in [0.5, 0.6) is 0 Å². The maximum Gasteiger partial charge on any atom is 0.146 e. The van der Waals surface area contributed by atoms with Gasteiger partial charge in [0.25, 0.3) is 0 Å². The molecule has 0 amide bonds. The Morgan fingerprint density at radius 1 is 1.43 bits per heavy atom. The third kappa shape index (κ3) is 2.04. The molecule has 76 valence electrons. The molecule has 0 aliphatic carbocycles. The Balaban J connectivity index is 2.22. The summed E-state index contributed by atoms with van der Waals surface area (Å²) in [5.41, 5.74) is 0.566. The van der Waals surface area contributed by atoms with E-state index in [9.17, 15) is 4.39 Å². The van der Waals surface area contributed by atoms with Crippen LogP contribution in [0.2, 0.25) is 5.02 Å². The Kier molecular flexibility index (Phi) is 2.99. The number of aromatic nitrogens is 1. The molecule has 2 rings (SSSR count). The standard InChI is InChI=1S/C10H12ClFN2/c11-8-5-9(12)10(14-6-8)7-1-3-13-4-2-7/h5-7,13H,1-4H2. The Morgan fingerprint density at radius 2 is 2.14 bits per heavy atom. The summed E-state index contributed by atoms with van der Waals surface area (Å²) in [6, 6.07) is 1.34. The lowest BCUT2D eigenvalue weighted by Crippen LogP contribution is -2.27. The van der Waals surface area contributed by atoms with Crippen molar-refractivity contribution < 1.29 is 4.39 Å². The molecule has 0 atom stereocenters. The number of piperidine rings is 1. The molecule has 1 aliphatic heterocycles. The monoisotopic (exact) mass is 214 g/mol. The van der Waals surface area contributed by atoms with Crippen molar-refractivity contribution in [3.05, 3.63) is 28.8 Å². The van der Waals surface area contributed by atoms with Crippen LogP contribution in [0, 0.1) is 5.82 Å². The second-order valence-electron chi connectivity index (χ2n) is 3.54. The van der Waals surface area contributed by atoms with Crippen molar-refractivity contribution in [3.63, 3.8) is 0 Å². The van der Waals surface area contributed by atoms with Gasteiger partial charge in [-0.3, -0.25) is 4.98 Å². The summed E-state index contributed by atoms with van der Waals surface area (Å²) in [4.78, 5) is 4.07. The van der Waals surface area contributed by atoms with E-state index in [1.54, 1.807) is 0 Å². The summed E-state index contributed by atoms with van der Waals surface area (Å²) in [6.45, 7) is 1.88. The number of halogens is 2. The molecule has 4 heteroatoms. The van der Waals surface area contributed by atoms with E-state index in [0.29, 0.717) is 10.7 Å². The molecular weight excluding hydrogens is 203 g/mol. The molecule has 0 spiro atoms. The molecule has 2 heterocycles. The maximum atomic E-state index is 13.5. The highest BCUT2D eigenvalue weighted by Gasteiger charge is 2.19. The highest BCUT2D eigenvalue weighted by molar-refractivity contribution is 6.30. The zero-order chi connectivity index (χ0) is 9.97. The van der Waals surface area contributed by atoms with Gasteiger partial charge >= 0.3 is 0 Å². The van der Waals surface area contributed by atoms with E-state index in [-0.39, 0.29) is 11.7 Å². The van der Waals surface area contributed by atoms with E-state index < -0.39 is 0 Å². The second kappa shape index (κ2) is 4.24. The molecule has 2 nitrogen and oxygen atoms in total. The van der Waals surface area contributed by atoms with Gasteiger partial charge in [0.1, 0.15) is 5.82 Å². The molecule has 0 saturated carbocycles. The highest BCUT2D eigenvalue weighted by Crippen LogP contribution is 2.26. The molecule has 1 fully saturated rings. The summed E-state index contributed by atoms with van der Waals surface area (Å²) >= 11 is 5.64. The van der Waals surface area contributed by atoms with Crippen molar-refractivity contribution >= 4 is 11.6 Å².